The number of carbonyl (C=O) groups excluding carboxylic acids is 1. The minimum atomic E-state index is -0.645. The van der Waals surface area contributed by atoms with Gasteiger partial charge in [-0.25, -0.2) is 0 Å². The highest BCUT2D eigenvalue weighted by molar-refractivity contribution is 5.97. The van der Waals surface area contributed by atoms with E-state index in [2.05, 4.69) is 5.32 Å². The maximum absolute atomic E-state index is 11.7. The van der Waals surface area contributed by atoms with Gasteiger partial charge in [0, 0.05) is 26.1 Å². The number of benzene rings is 1. The molecule has 1 aliphatic heterocycles. The number of nitrogens with zero attached hydrogens (tertiary/aromatic N) is 1. The molecule has 1 aromatic carbocycles. The molecule has 0 spiro atoms. The normalized spacial score (nSPS) is 16.4. The van der Waals surface area contributed by atoms with Gasteiger partial charge in [-0.15, -0.1) is 0 Å². The molecule has 1 atom stereocenters. The Kier molecular flexibility index (Phi) is 4.30. The van der Waals surface area contributed by atoms with Crippen molar-refractivity contribution in [2.45, 2.75) is 38.8 Å². The molecule has 0 saturated carbocycles. The molecular formula is C15H22N2O3. The molecule has 110 valence electrons. The van der Waals surface area contributed by atoms with Gasteiger partial charge in [0.1, 0.15) is 5.75 Å². The second-order valence-corrected chi connectivity index (χ2v) is 5.53. The summed E-state index contributed by atoms with van der Waals surface area (Å²) in [4.78, 5) is 13.2. The first-order valence-electron chi connectivity index (χ1n) is 6.94. The number of aliphatic hydroxyl groups is 1. The lowest BCUT2D eigenvalue weighted by Crippen LogP contribution is -2.33. The van der Waals surface area contributed by atoms with Crippen LogP contribution < -0.4 is 10.2 Å². The Balaban J connectivity index is 2.34. The summed E-state index contributed by atoms with van der Waals surface area (Å²) in [6.45, 7) is 4.49. The van der Waals surface area contributed by atoms with Crippen LogP contribution in [0.15, 0.2) is 12.1 Å². The third-order valence-corrected chi connectivity index (χ3v) is 3.67. The van der Waals surface area contributed by atoms with Crippen molar-refractivity contribution < 1.29 is 15.0 Å². The van der Waals surface area contributed by atoms with E-state index in [0.29, 0.717) is 31.1 Å². The first-order chi connectivity index (χ1) is 9.41. The summed E-state index contributed by atoms with van der Waals surface area (Å²) in [6, 6.07) is 3.58. The van der Waals surface area contributed by atoms with Crippen LogP contribution in [0.2, 0.25) is 0 Å². The largest absolute Gasteiger partial charge is 0.506 e. The summed E-state index contributed by atoms with van der Waals surface area (Å²) in [5.74, 6) is 0.0723. The average Bonchev–Trinajstić information content (AvgIpc) is 2.40. The Hall–Kier alpha value is -1.59. The van der Waals surface area contributed by atoms with Crippen LogP contribution >= 0.6 is 0 Å². The Bertz CT molecular complexity index is 514. The number of anilines is 1. The molecule has 20 heavy (non-hydrogen) atoms. The zero-order chi connectivity index (χ0) is 14.9. The number of phenols is 1. The standard InChI is InChI=1S/C15H22N2O3/c1-9(2)16-8-13(19)10-4-6-12(18)15-11(10)5-7-14(20)17(15)3/h4,6,9,13,16,18-19H,5,7-8H2,1-3H3. The number of fused-ring (bicyclic) bond motifs is 1. The average molecular weight is 278 g/mol. The van der Waals surface area contributed by atoms with Crippen LogP contribution in [-0.2, 0) is 11.2 Å². The molecular weight excluding hydrogens is 256 g/mol. The summed E-state index contributed by atoms with van der Waals surface area (Å²) < 4.78 is 0. The van der Waals surface area contributed by atoms with Crippen LogP contribution in [-0.4, -0.2) is 35.8 Å². The van der Waals surface area contributed by atoms with Gasteiger partial charge in [0.25, 0.3) is 0 Å². The van der Waals surface area contributed by atoms with Crippen molar-refractivity contribution in [3.8, 4) is 5.75 Å². The highest BCUT2D eigenvalue weighted by atomic mass is 16.3. The summed E-state index contributed by atoms with van der Waals surface area (Å²) in [6.07, 6.45) is 0.319. The van der Waals surface area contributed by atoms with Gasteiger partial charge in [-0.1, -0.05) is 19.9 Å². The number of hydrogen-bond donors (Lipinski definition) is 3. The fraction of sp³-hybridized carbons (Fsp3) is 0.533. The van der Waals surface area contributed by atoms with Crippen molar-refractivity contribution in [1.29, 1.82) is 0 Å². The van der Waals surface area contributed by atoms with E-state index >= 15 is 0 Å². The van der Waals surface area contributed by atoms with E-state index in [0.717, 1.165) is 11.1 Å². The predicted molar refractivity (Wildman–Crippen MR) is 77.9 cm³/mol. The first kappa shape index (κ1) is 14.8. The van der Waals surface area contributed by atoms with Crippen molar-refractivity contribution in [3.05, 3.63) is 23.3 Å². The molecule has 1 amide bonds. The number of aliphatic hydroxyl groups excluding tert-OH is 1. The van der Waals surface area contributed by atoms with Crippen LogP contribution in [0.3, 0.4) is 0 Å². The summed E-state index contributed by atoms with van der Waals surface area (Å²) in [5, 5.41) is 23.5. The van der Waals surface area contributed by atoms with Crippen molar-refractivity contribution >= 4 is 11.6 Å². The minimum Gasteiger partial charge on any atom is -0.506 e. The van der Waals surface area contributed by atoms with Gasteiger partial charge < -0.3 is 20.4 Å². The second-order valence-electron chi connectivity index (χ2n) is 5.53. The quantitative estimate of drug-likeness (QED) is 0.777. The first-order valence-corrected chi connectivity index (χ1v) is 6.94. The lowest BCUT2D eigenvalue weighted by atomic mass is 9.92. The van der Waals surface area contributed by atoms with E-state index < -0.39 is 6.10 Å². The molecule has 0 fully saturated rings. The highest BCUT2D eigenvalue weighted by Crippen LogP contribution is 2.39. The zero-order valence-electron chi connectivity index (χ0n) is 12.2. The third kappa shape index (κ3) is 2.78. The number of nitrogens with one attached hydrogen (secondary N) is 1. The SMILES string of the molecule is CC(C)NCC(O)c1ccc(O)c2c1CCC(=O)N2C. The van der Waals surface area contributed by atoms with Gasteiger partial charge in [-0.3, -0.25) is 4.79 Å². The van der Waals surface area contributed by atoms with Crippen LogP contribution in [0, 0.1) is 0 Å². The minimum absolute atomic E-state index is 0.0141. The van der Waals surface area contributed by atoms with Crippen LogP contribution in [0.5, 0.6) is 5.75 Å². The van der Waals surface area contributed by atoms with Gasteiger partial charge in [-0.05, 0) is 23.6 Å². The molecule has 5 nitrogen and oxygen atoms in total. The number of rotatable bonds is 4. The maximum atomic E-state index is 11.7. The summed E-state index contributed by atoms with van der Waals surface area (Å²) in [7, 11) is 1.66. The highest BCUT2D eigenvalue weighted by Gasteiger charge is 2.27. The molecule has 0 saturated heterocycles. The predicted octanol–water partition coefficient (Wildman–Crippen LogP) is 1.33. The van der Waals surface area contributed by atoms with Gasteiger partial charge in [0.05, 0.1) is 11.8 Å². The number of carbonyl (C=O) groups is 1. The van der Waals surface area contributed by atoms with E-state index in [1.165, 1.54) is 4.90 Å². The number of aromatic hydroxyl groups is 1. The smallest absolute Gasteiger partial charge is 0.227 e. The van der Waals surface area contributed by atoms with Gasteiger partial charge >= 0.3 is 0 Å². The Labute approximate surface area is 119 Å². The zero-order valence-corrected chi connectivity index (χ0v) is 12.2. The van der Waals surface area contributed by atoms with E-state index in [1.54, 1.807) is 19.2 Å². The van der Waals surface area contributed by atoms with Crippen LogP contribution in [0.25, 0.3) is 0 Å². The molecule has 0 aliphatic carbocycles. The number of hydrogen-bond acceptors (Lipinski definition) is 4. The van der Waals surface area contributed by atoms with E-state index in [-0.39, 0.29) is 11.7 Å². The Morgan fingerprint density at radius 2 is 2.05 bits per heavy atom. The Morgan fingerprint density at radius 1 is 1.35 bits per heavy atom. The lowest BCUT2D eigenvalue weighted by molar-refractivity contribution is -0.118. The van der Waals surface area contributed by atoms with E-state index in [9.17, 15) is 15.0 Å². The summed E-state index contributed by atoms with van der Waals surface area (Å²) >= 11 is 0. The van der Waals surface area contributed by atoms with Crippen molar-refractivity contribution in [2.24, 2.45) is 0 Å². The van der Waals surface area contributed by atoms with Gasteiger partial charge in [0.2, 0.25) is 5.91 Å². The van der Waals surface area contributed by atoms with Crippen molar-refractivity contribution in [1.82, 2.24) is 5.32 Å². The molecule has 3 N–H and O–H groups in total. The number of amides is 1. The fourth-order valence-corrected chi connectivity index (χ4v) is 2.57. The molecule has 1 unspecified atom stereocenters. The number of phenolic OH excluding ortho intramolecular Hbond substituents is 1. The van der Waals surface area contributed by atoms with Crippen molar-refractivity contribution in [2.75, 3.05) is 18.5 Å². The molecule has 5 heteroatoms. The van der Waals surface area contributed by atoms with Crippen molar-refractivity contribution in [3.63, 3.8) is 0 Å². The summed E-state index contributed by atoms with van der Waals surface area (Å²) in [5.41, 5.74) is 2.18. The molecule has 1 aliphatic rings. The molecule has 2 rings (SSSR count). The van der Waals surface area contributed by atoms with Crippen LogP contribution in [0.4, 0.5) is 5.69 Å². The molecule has 1 aromatic rings. The lowest BCUT2D eigenvalue weighted by Gasteiger charge is -2.29. The molecule has 0 bridgehead atoms. The third-order valence-electron chi connectivity index (χ3n) is 3.67. The topological polar surface area (TPSA) is 72.8 Å². The van der Waals surface area contributed by atoms with Crippen LogP contribution in [0.1, 0.15) is 37.5 Å². The molecule has 0 aromatic heterocycles. The molecule has 1 heterocycles. The second kappa shape index (κ2) is 5.81. The Morgan fingerprint density at radius 3 is 2.70 bits per heavy atom. The fourth-order valence-electron chi connectivity index (χ4n) is 2.57. The van der Waals surface area contributed by atoms with E-state index in [4.69, 9.17) is 0 Å². The van der Waals surface area contributed by atoms with Gasteiger partial charge in [0.15, 0.2) is 0 Å². The molecule has 0 radical (unpaired) electrons. The monoisotopic (exact) mass is 278 g/mol. The maximum Gasteiger partial charge on any atom is 0.227 e. The van der Waals surface area contributed by atoms with Gasteiger partial charge in [-0.2, -0.15) is 0 Å². The van der Waals surface area contributed by atoms with E-state index in [1.807, 2.05) is 13.8 Å².